The van der Waals surface area contributed by atoms with E-state index in [9.17, 15) is 29.1 Å². The van der Waals surface area contributed by atoms with E-state index in [0.717, 1.165) is 72.3 Å². The normalized spacial score (nSPS) is 12.0. The Labute approximate surface area is 478 Å². The lowest BCUT2D eigenvalue weighted by atomic mass is 9.98. The zero-order chi connectivity index (χ0) is 57.2. The van der Waals surface area contributed by atoms with Crippen molar-refractivity contribution >= 4 is 109 Å². The minimum Gasteiger partial charge on any atom is -0.478 e. The summed E-state index contributed by atoms with van der Waals surface area (Å²) in [5.41, 5.74) is 28.2. The van der Waals surface area contributed by atoms with Crippen molar-refractivity contribution in [3.05, 3.63) is 186 Å². The molecular formula is C60H63Cl3N10O7. The number of carbonyl (C=O) groups excluding carboxylic acids is 4. The van der Waals surface area contributed by atoms with Crippen LogP contribution in [0.2, 0.25) is 10.0 Å². The summed E-state index contributed by atoms with van der Waals surface area (Å²) in [6.07, 6.45) is 14.3. The average molecular weight is 1140 g/mol. The van der Waals surface area contributed by atoms with Gasteiger partial charge in [0, 0.05) is 97.6 Å². The number of aromatic carboxylic acids is 1. The number of halogens is 3. The van der Waals surface area contributed by atoms with Crippen molar-refractivity contribution in [3.8, 4) is 0 Å². The van der Waals surface area contributed by atoms with E-state index >= 15 is 0 Å². The molecule has 8 aromatic rings. The molecule has 0 spiro atoms. The first kappa shape index (κ1) is 61.0. The van der Waals surface area contributed by atoms with Gasteiger partial charge in [-0.05, 0) is 128 Å². The molecule has 0 saturated carbocycles. The number of anilines is 2. The summed E-state index contributed by atoms with van der Waals surface area (Å²) in [4.78, 5) is 76.6. The Bertz CT molecular complexity index is 3690. The third kappa shape index (κ3) is 15.1. The summed E-state index contributed by atoms with van der Waals surface area (Å²) >= 11 is 17.0. The highest BCUT2D eigenvalue weighted by atomic mass is 35.5. The van der Waals surface area contributed by atoms with Crippen LogP contribution in [0, 0.1) is 33.6 Å². The summed E-state index contributed by atoms with van der Waals surface area (Å²) < 4.78 is 8.17. The zero-order valence-electron chi connectivity index (χ0n) is 44.4. The van der Waals surface area contributed by atoms with E-state index in [1.165, 1.54) is 6.20 Å². The molecule has 416 valence electrons. The number of nitrogens with zero attached hydrogens (tertiary/aromatic N) is 6. The highest BCUT2D eigenvalue weighted by Gasteiger charge is 2.28. The van der Waals surface area contributed by atoms with Gasteiger partial charge >= 0.3 is 11.4 Å². The quantitative estimate of drug-likeness (QED) is 0.0754. The molecule has 0 saturated heterocycles. The fraction of sp³-hybridized carbons (Fsp3) is 0.250. The molecule has 0 radical (unpaired) electrons. The average Bonchev–Trinajstić information content (AvgIpc) is 4.09. The molecule has 17 nitrogen and oxygen atoms in total. The van der Waals surface area contributed by atoms with Crippen molar-refractivity contribution < 1.29 is 33.8 Å². The number of nitrogens with two attached hydrogens (primary N) is 3. The fourth-order valence-electron chi connectivity index (χ4n) is 9.19. The standard InChI is InChI=1S/C27H24ClN5O2.C19H13ClN2O3.C8H13N3.C5H9ClO2.CH4/c1-15-8-25(29)32-16(2)20(15)12-31-27(35)21-14-33(23-4-3-5-24(34)26(21)23)13-17-6-7-22-18(9-17)10-19(28)11-30-22;20-13-7-12-6-11(4-5-15(12)21-8-13)9-22-10-14(19(24)25)18-16(22)2-1-3-17(18)23;1-5-3-8(10)11-6(2)7(5)4-9;1-4(2)3-8-5(6)7;/h3-4,6-11,14H,5,12-13H2,1-2H3,(H2,29,32)(H,31,35);1-2,4-8,10H,3,9H2,(H,24,25);3H,4,9H2,1-2H3,(H2,10,11);4H,3H2,1-2H3;1H4. The molecule has 0 bridgehead atoms. The monoisotopic (exact) mass is 1140 g/mol. The number of aromatic nitrogens is 6. The molecule has 0 unspecified atom stereocenters. The predicted molar refractivity (Wildman–Crippen MR) is 318 cm³/mol. The Balaban J connectivity index is 0.000000198. The summed E-state index contributed by atoms with van der Waals surface area (Å²) in [7, 11) is 0. The van der Waals surface area contributed by atoms with Gasteiger partial charge in [-0.2, -0.15) is 0 Å². The van der Waals surface area contributed by atoms with Crippen molar-refractivity contribution in [1.29, 1.82) is 0 Å². The number of carboxylic acid groups (broad SMARTS) is 1. The molecular weight excluding hydrogens is 1080 g/mol. The van der Waals surface area contributed by atoms with Gasteiger partial charge in [0.25, 0.3) is 5.91 Å². The van der Waals surface area contributed by atoms with Crippen LogP contribution in [0.5, 0.6) is 0 Å². The Morgan fingerprint density at radius 3 is 1.60 bits per heavy atom. The van der Waals surface area contributed by atoms with Crippen molar-refractivity contribution in [2.75, 3.05) is 18.1 Å². The van der Waals surface area contributed by atoms with Crippen LogP contribution in [0.25, 0.3) is 34.0 Å². The maximum absolute atomic E-state index is 13.2. The topological polar surface area (TPSA) is 266 Å². The van der Waals surface area contributed by atoms with Gasteiger partial charge in [0.05, 0.1) is 61.3 Å². The van der Waals surface area contributed by atoms with Crippen LogP contribution in [0.15, 0.2) is 97.6 Å². The second-order valence-electron chi connectivity index (χ2n) is 19.3. The Morgan fingerprint density at radius 1 is 0.713 bits per heavy atom. The Kier molecular flexibility index (Phi) is 20.7. The zero-order valence-corrected chi connectivity index (χ0v) is 46.6. The first-order valence-corrected chi connectivity index (χ1v) is 26.2. The number of Topliss-reactive ketones (excluding diaryl/α,β-unsaturated/α-hetero) is 2. The number of carboxylic acids is 1. The van der Waals surface area contributed by atoms with Gasteiger partial charge in [0.1, 0.15) is 11.6 Å². The van der Waals surface area contributed by atoms with Gasteiger partial charge in [-0.3, -0.25) is 24.4 Å². The number of aryl methyl sites for hydroxylation is 4. The molecule has 0 atom stereocenters. The van der Waals surface area contributed by atoms with E-state index in [-0.39, 0.29) is 43.3 Å². The number of ketones is 2. The van der Waals surface area contributed by atoms with E-state index in [2.05, 4.69) is 30.0 Å². The summed E-state index contributed by atoms with van der Waals surface area (Å²) in [5, 5.41) is 15.3. The fourth-order valence-corrected chi connectivity index (χ4v) is 9.58. The minimum absolute atomic E-state index is 0. The number of rotatable bonds is 11. The number of nitrogens with one attached hydrogen (secondary N) is 1. The van der Waals surface area contributed by atoms with E-state index in [1.807, 2.05) is 119 Å². The molecule has 6 heterocycles. The summed E-state index contributed by atoms with van der Waals surface area (Å²) in [5.74, 6) is -0.243. The van der Waals surface area contributed by atoms with Crippen molar-refractivity contribution in [3.63, 3.8) is 0 Å². The van der Waals surface area contributed by atoms with Crippen molar-refractivity contribution in [2.24, 2.45) is 11.7 Å². The van der Waals surface area contributed by atoms with Crippen LogP contribution in [0.1, 0.15) is 132 Å². The number of pyridine rings is 4. The molecule has 10 rings (SSSR count). The molecule has 2 aromatic carbocycles. The lowest BCUT2D eigenvalue weighted by molar-refractivity contribution is 0.0691. The Morgan fingerprint density at radius 2 is 1.18 bits per heavy atom. The number of allylic oxidation sites excluding steroid dienone is 2. The minimum atomic E-state index is -1.09. The van der Waals surface area contributed by atoms with Gasteiger partial charge in [-0.15, -0.1) is 0 Å². The van der Waals surface area contributed by atoms with Crippen LogP contribution in [-0.4, -0.2) is 69.7 Å². The van der Waals surface area contributed by atoms with Gasteiger partial charge in [0.2, 0.25) is 0 Å². The highest BCUT2D eigenvalue weighted by Crippen LogP contribution is 2.30. The van der Waals surface area contributed by atoms with Crippen LogP contribution in [0.3, 0.4) is 0 Å². The molecule has 0 aliphatic heterocycles. The predicted octanol–water partition coefficient (Wildman–Crippen LogP) is 12.3. The lowest BCUT2D eigenvalue weighted by Gasteiger charge is -2.12. The van der Waals surface area contributed by atoms with Crippen LogP contribution >= 0.6 is 34.8 Å². The maximum atomic E-state index is 13.2. The first-order chi connectivity index (χ1) is 37.6. The third-order valence-corrected chi connectivity index (χ3v) is 13.4. The number of hydrogen-bond donors (Lipinski definition) is 5. The molecule has 0 fully saturated rings. The second-order valence-corrected chi connectivity index (χ2v) is 20.5. The van der Waals surface area contributed by atoms with E-state index < -0.39 is 11.4 Å². The third-order valence-electron chi connectivity index (χ3n) is 12.9. The lowest BCUT2D eigenvalue weighted by Crippen LogP contribution is -2.25. The molecule has 2 aliphatic rings. The van der Waals surface area contributed by atoms with Gasteiger partial charge in [-0.1, -0.05) is 68.8 Å². The largest absolute Gasteiger partial charge is 0.478 e. The summed E-state index contributed by atoms with van der Waals surface area (Å²) in [6.45, 7) is 13.8. The van der Waals surface area contributed by atoms with E-state index in [0.29, 0.717) is 82.8 Å². The van der Waals surface area contributed by atoms with Crippen molar-refractivity contribution in [1.82, 2.24) is 34.4 Å². The SMILES string of the molecule is C.CC(C)COC(=O)Cl.Cc1cc(N)nc(C)c1CN.Cc1cc(N)nc(C)c1CNC(=O)c1cn(Cc2ccc3ncc(Cl)cc3c2)c2c1C(=O)CC=C2.O=C(O)c1cn(Cc2ccc3ncc(Cl)cc3c2)c2c1C(=O)CC=C2. The number of ether oxygens (including phenoxy) is 1. The van der Waals surface area contributed by atoms with E-state index in [1.54, 1.807) is 35.3 Å². The molecule has 1 amide bonds. The van der Waals surface area contributed by atoms with Crippen LogP contribution in [0.4, 0.5) is 16.4 Å². The smallest absolute Gasteiger partial charge is 0.403 e. The highest BCUT2D eigenvalue weighted by molar-refractivity contribution is 6.61. The number of carbonyl (C=O) groups is 5. The van der Waals surface area contributed by atoms with Crippen LogP contribution < -0.4 is 22.5 Å². The van der Waals surface area contributed by atoms with Gasteiger partial charge in [0.15, 0.2) is 11.6 Å². The molecule has 20 heteroatoms. The van der Waals surface area contributed by atoms with Gasteiger partial charge < -0.3 is 41.5 Å². The van der Waals surface area contributed by atoms with Crippen molar-refractivity contribution in [2.45, 2.75) is 88.0 Å². The number of hydrogen-bond acceptors (Lipinski definition) is 13. The Hall–Kier alpha value is -8.22. The number of amides is 1. The van der Waals surface area contributed by atoms with Gasteiger partial charge in [-0.25, -0.2) is 19.6 Å². The van der Waals surface area contributed by atoms with E-state index in [4.69, 9.17) is 52.0 Å². The number of benzene rings is 2. The number of nitrogen functional groups attached to an aromatic ring is 2. The summed E-state index contributed by atoms with van der Waals surface area (Å²) in [6, 6.07) is 19.1. The molecule has 6 aromatic heterocycles. The molecule has 8 N–H and O–H groups in total. The number of fused-ring (bicyclic) bond motifs is 4. The molecule has 2 aliphatic carbocycles. The molecule has 80 heavy (non-hydrogen) atoms. The van der Waals surface area contributed by atoms with Crippen LogP contribution in [-0.2, 0) is 30.9 Å². The maximum Gasteiger partial charge on any atom is 0.403 e. The second kappa shape index (κ2) is 27.1. The first-order valence-electron chi connectivity index (χ1n) is 25.0.